The molecule has 2 aromatic carbocycles. The SMILES string of the molecule is CCOC(=O)C1=C(CN2CCc3ccccc3C2)NC(=O)NC1c1cc(OC)c(OC)cc1OC. The van der Waals surface area contributed by atoms with Crippen molar-refractivity contribution >= 4 is 12.0 Å². The van der Waals surface area contributed by atoms with Crippen LogP contribution in [0.2, 0.25) is 0 Å². The molecule has 0 radical (unpaired) electrons. The molecule has 2 aliphatic heterocycles. The molecule has 0 aliphatic carbocycles. The lowest BCUT2D eigenvalue weighted by atomic mass is 9.93. The second-order valence-corrected chi connectivity index (χ2v) is 8.32. The summed E-state index contributed by atoms with van der Waals surface area (Å²) in [6.07, 6.45) is 0.900. The van der Waals surface area contributed by atoms with Crippen molar-refractivity contribution in [3.05, 3.63) is 64.4 Å². The van der Waals surface area contributed by atoms with Crippen molar-refractivity contribution in [1.29, 1.82) is 0 Å². The molecule has 2 N–H and O–H groups in total. The second kappa shape index (κ2) is 10.7. The maximum Gasteiger partial charge on any atom is 0.338 e. The Labute approximate surface area is 205 Å². The maximum atomic E-state index is 13.2. The van der Waals surface area contributed by atoms with Crippen molar-refractivity contribution in [2.75, 3.05) is 41.0 Å². The summed E-state index contributed by atoms with van der Waals surface area (Å²) in [6, 6.07) is 10.5. The summed E-state index contributed by atoms with van der Waals surface area (Å²) < 4.78 is 21.9. The summed E-state index contributed by atoms with van der Waals surface area (Å²) in [6.45, 7) is 3.88. The number of carbonyl (C=O) groups is 2. The van der Waals surface area contributed by atoms with E-state index in [4.69, 9.17) is 18.9 Å². The number of methoxy groups -OCH3 is 3. The molecule has 2 amide bonds. The number of hydrogen-bond acceptors (Lipinski definition) is 7. The zero-order chi connectivity index (χ0) is 24.9. The summed E-state index contributed by atoms with van der Waals surface area (Å²) in [5, 5.41) is 5.72. The number of benzene rings is 2. The van der Waals surface area contributed by atoms with Gasteiger partial charge in [0.25, 0.3) is 0 Å². The number of nitrogens with zero attached hydrogens (tertiary/aromatic N) is 1. The van der Waals surface area contributed by atoms with Gasteiger partial charge in [0.05, 0.1) is 39.6 Å². The van der Waals surface area contributed by atoms with Gasteiger partial charge in [0.1, 0.15) is 5.75 Å². The van der Waals surface area contributed by atoms with Gasteiger partial charge >= 0.3 is 12.0 Å². The Morgan fingerprint density at radius 2 is 1.71 bits per heavy atom. The minimum Gasteiger partial charge on any atom is -0.496 e. The van der Waals surface area contributed by atoms with E-state index in [9.17, 15) is 9.59 Å². The number of fused-ring (bicyclic) bond motifs is 1. The van der Waals surface area contributed by atoms with E-state index in [-0.39, 0.29) is 6.61 Å². The maximum absolute atomic E-state index is 13.2. The van der Waals surface area contributed by atoms with E-state index < -0.39 is 18.0 Å². The Morgan fingerprint density at radius 1 is 1.03 bits per heavy atom. The fourth-order valence-corrected chi connectivity index (χ4v) is 4.62. The van der Waals surface area contributed by atoms with Gasteiger partial charge in [-0.1, -0.05) is 24.3 Å². The normalized spacial score (nSPS) is 17.7. The van der Waals surface area contributed by atoms with Crippen LogP contribution in [0.4, 0.5) is 4.79 Å². The first-order valence-corrected chi connectivity index (χ1v) is 11.6. The van der Waals surface area contributed by atoms with Crippen LogP contribution in [0.5, 0.6) is 17.2 Å². The van der Waals surface area contributed by atoms with Gasteiger partial charge in [-0.15, -0.1) is 0 Å². The van der Waals surface area contributed by atoms with E-state index in [0.717, 1.165) is 19.5 Å². The van der Waals surface area contributed by atoms with Crippen LogP contribution in [-0.4, -0.2) is 57.9 Å². The fraction of sp³-hybridized carbons (Fsp3) is 0.385. The summed E-state index contributed by atoms with van der Waals surface area (Å²) in [5.41, 5.74) is 3.97. The Bertz CT molecular complexity index is 1150. The standard InChI is InChI=1S/C26H31N3O6/c1-5-35-25(30)23-19(15-29-11-10-16-8-6-7-9-17(16)14-29)27-26(31)28-24(23)18-12-21(33-3)22(34-4)13-20(18)32-2/h6-9,12-13,24H,5,10-11,14-15H2,1-4H3,(H2,27,28,31). The topological polar surface area (TPSA) is 98.4 Å². The van der Waals surface area contributed by atoms with Gasteiger partial charge in [-0.05, 0) is 30.5 Å². The molecule has 186 valence electrons. The Hall–Kier alpha value is -3.72. The third-order valence-corrected chi connectivity index (χ3v) is 6.29. The van der Waals surface area contributed by atoms with Gasteiger partial charge in [0.15, 0.2) is 11.5 Å². The van der Waals surface area contributed by atoms with E-state index in [1.54, 1.807) is 19.1 Å². The summed E-state index contributed by atoms with van der Waals surface area (Å²) in [7, 11) is 4.58. The van der Waals surface area contributed by atoms with Gasteiger partial charge in [-0.25, -0.2) is 9.59 Å². The van der Waals surface area contributed by atoms with Crippen molar-refractivity contribution in [3.8, 4) is 17.2 Å². The minimum atomic E-state index is -0.801. The number of carbonyl (C=O) groups excluding carboxylic acids is 2. The minimum absolute atomic E-state index is 0.205. The molecule has 0 saturated carbocycles. The van der Waals surface area contributed by atoms with Gasteiger partial charge < -0.3 is 29.6 Å². The number of amides is 2. The number of rotatable bonds is 8. The molecule has 1 atom stereocenters. The van der Waals surface area contributed by atoms with Gasteiger partial charge in [-0.3, -0.25) is 4.90 Å². The molecule has 0 saturated heterocycles. The zero-order valence-electron chi connectivity index (χ0n) is 20.5. The molecular formula is C26H31N3O6. The average molecular weight is 482 g/mol. The molecule has 0 fully saturated rings. The summed E-state index contributed by atoms with van der Waals surface area (Å²) in [4.78, 5) is 28.2. The number of hydrogen-bond donors (Lipinski definition) is 2. The average Bonchev–Trinajstić information content (AvgIpc) is 2.87. The molecule has 35 heavy (non-hydrogen) atoms. The monoisotopic (exact) mass is 481 g/mol. The smallest absolute Gasteiger partial charge is 0.338 e. The molecule has 0 bridgehead atoms. The summed E-state index contributed by atoms with van der Waals surface area (Å²) in [5.74, 6) is 0.868. The van der Waals surface area contributed by atoms with Gasteiger partial charge in [0, 0.05) is 37.0 Å². The lowest BCUT2D eigenvalue weighted by molar-refractivity contribution is -0.139. The molecule has 9 heteroatoms. The molecule has 1 unspecified atom stereocenters. The van der Waals surface area contributed by atoms with Crippen LogP contribution in [0, 0.1) is 0 Å². The van der Waals surface area contributed by atoms with Crippen LogP contribution in [0.1, 0.15) is 29.7 Å². The molecule has 2 heterocycles. The predicted octanol–water partition coefficient (Wildman–Crippen LogP) is 2.94. The molecule has 9 nitrogen and oxygen atoms in total. The summed E-state index contributed by atoms with van der Waals surface area (Å²) >= 11 is 0. The molecule has 0 aromatic heterocycles. The first kappa shape index (κ1) is 24.4. The second-order valence-electron chi connectivity index (χ2n) is 8.32. The van der Waals surface area contributed by atoms with Crippen molar-refractivity contribution in [2.24, 2.45) is 0 Å². The third kappa shape index (κ3) is 5.05. The fourth-order valence-electron chi connectivity index (χ4n) is 4.62. The van der Waals surface area contributed by atoms with Crippen LogP contribution < -0.4 is 24.8 Å². The van der Waals surface area contributed by atoms with Gasteiger partial charge in [-0.2, -0.15) is 0 Å². The number of esters is 1. The largest absolute Gasteiger partial charge is 0.496 e. The van der Waals surface area contributed by atoms with Gasteiger partial charge in [0.2, 0.25) is 0 Å². The third-order valence-electron chi connectivity index (χ3n) is 6.29. The predicted molar refractivity (Wildman–Crippen MR) is 130 cm³/mol. The van der Waals surface area contributed by atoms with Crippen LogP contribution in [-0.2, 0) is 22.5 Å². The first-order chi connectivity index (χ1) is 17.0. The first-order valence-electron chi connectivity index (χ1n) is 11.6. The highest BCUT2D eigenvalue weighted by atomic mass is 16.5. The molecule has 2 aromatic rings. The lowest BCUT2D eigenvalue weighted by Gasteiger charge is -2.34. The molecular weight excluding hydrogens is 450 g/mol. The lowest BCUT2D eigenvalue weighted by Crippen LogP contribution is -2.49. The van der Waals surface area contributed by atoms with Crippen LogP contribution >= 0.6 is 0 Å². The van der Waals surface area contributed by atoms with Crippen molar-refractivity contribution in [2.45, 2.75) is 25.9 Å². The number of nitrogens with one attached hydrogen (secondary N) is 2. The van der Waals surface area contributed by atoms with Crippen LogP contribution in [0.25, 0.3) is 0 Å². The molecule has 4 rings (SSSR count). The highest BCUT2D eigenvalue weighted by Crippen LogP contribution is 2.41. The Balaban J connectivity index is 1.76. The van der Waals surface area contributed by atoms with Crippen LogP contribution in [0.15, 0.2) is 47.7 Å². The van der Waals surface area contributed by atoms with E-state index in [0.29, 0.717) is 40.6 Å². The quantitative estimate of drug-likeness (QED) is 0.560. The van der Waals surface area contributed by atoms with Crippen molar-refractivity contribution < 1.29 is 28.5 Å². The Morgan fingerprint density at radius 3 is 2.40 bits per heavy atom. The van der Waals surface area contributed by atoms with Crippen LogP contribution in [0.3, 0.4) is 0 Å². The van der Waals surface area contributed by atoms with E-state index in [1.807, 2.05) is 12.1 Å². The molecule has 0 spiro atoms. The molecule has 2 aliphatic rings. The highest BCUT2D eigenvalue weighted by molar-refractivity contribution is 5.95. The zero-order valence-corrected chi connectivity index (χ0v) is 20.5. The van der Waals surface area contributed by atoms with E-state index >= 15 is 0 Å². The van der Waals surface area contributed by atoms with Crippen molar-refractivity contribution in [3.63, 3.8) is 0 Å². The van der Waals surface area contributed by atoms with E-state index in [2.05, 4.69) is 27.7 Å². The van der Waals surface area contributed by atoms with E-state index in [1.165, 1.54) is 32.5 Å². The van der Waals surface area contributed by atoms with Crippen molar-refractivity contribution in [1.82, 2.24) is 15.5 Å². The number of ether oxygens (including phenoxy) is 4. The Kier molecular flexibility index (Phi) is 7.45. The number of urea groups is 1. The highest BCUT2D eigenvalue weighted by Gasteiger charge is 2.36.